The fourth-order valence-corrected chi connectivity index (χ4v) is 4.16. The maximum atomic E-state index is 8.75. The molecule has 1 aromatic carbocycles. The number of benzene rings is 1. The Balaban J connectivity index is 1.53. The second kappa shape index (κ2) is 9.83. The van der Waals surface area contributed by atoms with Gasteiger partial charge in [-0.2, -0.15) is 0 Å². The molecule has 4 rings (SSSR count). The molecule has 0 amide bonds. The van der Waals surface area contributed by atoms with Crippen LogP contribution in [0.5, 0.6) is 0 Å². The summed E-state index contributed by atoms with van der Waals surface area (Å²) in [7, 11) is 0. The lowest BCUT2D eigenvalue weighted by molar-refractivity contribution is 0.220. The number of hydrogen-bond acceptors (Lipinski definition) is 6. The van der Waals surface area contributed by atoms with Gasteiger partial charge in [-0.3, -0.25) is 15.3 Å². The van der Waals surface area contributed by atoms with Crippen molar-refractivity contribution >= 4 is 11.7 Å². The Hall–Kier alpha value is -3.38. The summed E-state index contributed by atoms with van der Waals surface area (Å²) >= 11 is 0. The van der Waals surface area contributed by atoms with Crippen LogP contribution in [0.4, 0.5) is 5.95 Å². The van der Waals surface area contributed by atoms with Crippen LogP contribution in [0.25, 0.3) is 11.1 Å². The average Bonchev–Trinajstić information content (AvgIpc) is 2.81. The summed E-state index contributed by atoms with van der Waals surface area (Å²) in [5.41, 5.74) is 12.9. The van der Waals surface area contributed by atoms with Crippen LogP contribution >= 0.6 is 0 Å². The second-order valence-corrected chi connectivity index (χ2v) is 8.55. The van der Waals surface area contributed by atoms with Crippen molar-refractivity contribution in [2.24, 2.45) is 0 Å². The number of piperidine rings is 1. The molecule has 2 aromatic heterocycles. The number of nitrogens with one attached hydrogen (secondary N) is 1. The summed E-state index contributed by atoms with van der Waals surface area (Å²) in [6.07, 6.45) is 11.6. The van der Waals surface area contributed by atoms with Gasteiger partial charge in [0.25, 0.3) is 0 Å². The summed E-state index contributed by atoms with van der Waals surface area (Å²) < 4.78 is 0. The maximum Gasteiger partial charge on any atom is 0.219 e. The van der Waals surface area contributed by atoms with E-state index in [4.69, 9.17) is 11.1 Å². The fourth-order valence-electron chi connectivity index (χ4n) is 4.16. The zero-order chi connectivity index (χ0) is 22.5. The zero-order valence-electron chi connectivity index (χ0n) is 18.6. The summed E-state index contributed by atoms with van der Waals surface area (Å²) in [5.74, 6) is 0.245. The third-order valence-corrected chi connectivity index (χ3v) is 5.99. The number of aromatic nitrogens is 3. The Kier molecular flexibility index (Phi) is 6.71. The van der Waals surface area contributed by atoms with Gasteiger partial charge < -0.3 is 5.73 Å². The number of rotatable bonds is 7. The van der Waals surface area contributed by atoms with Gasteiger partial charge in [-0.05, 0) is 72.8 Å². The highest BCUT2D eigenvalue weighted by Crippen LogP contribution is 2.25. The minimum absolute atomic E-state index is 0.245. The number of anilines is 1. The molecule has 32 heavy (non-hydrogen) atoms. The molecule has 0 spiro atoms. The first-order valence-corrected chi connectivity index (χ1v) is 11.1. The van der Waals surface area contributed by atoms with E-state index in [0.717, 1.165) is 53.0 Å². The topological polar surface area (TPSA) is 91.8 Å². The molecule has 1 aliphatic rings. The van der Waals surface area contributed by atoms with E-state index in [9.17, 15) is 0 Å². The average molecular weight is 427 g/mol. The van der Waals surface area contributed by atoms with Crippen molar-refractivity contribution in [1.29, 1.82) is 5.41 Å². The molecule has 3 aromatic rings. The van der Waals surface area contributed by atoms with Crippen molar-refractivity contribution in [3.05, 3.63) is 83.5 Å². The Labute approximate surface area is 189 Å². The third-order valence-electron chi connectivity index (χ3n) is 5.99. The van der Waals surface area contributed by atoms with Crippen LogP contribution in [0.1, 0.15) is 41.5 Å². The van der Waals surface area contributed by atoms with Crippen LogP contribution in [-0.2, 0) is 13.0 Å². The van der Waals surface area contributed by atoms with E-state index in [0.29, 0.717) is 12.1 Å². The van der Waals surface area contributed by atoms with Gasteiger partial charge in [-0.25, -0.2) is 9.97 Å². The van der Waals surface area contributed by atoms with Gasteiger partial charge in [0, 0.05) is 48.9 Å². The first kappa shape index (κ1) is 21.8. The lowest BCUT2D eigenvalue weighted by atomic mass is 9.92. The molecule has 1 saturated heterocycles. The number of allylic oxidation sites excluding steroid dienone is 1. The van der Waals surface area contributed by atoms with Crippen LogP contribution in [0.15, 0.2) is 61.2 Å². The highest BCUT2D eigenvalue weighted by molar-refractivity contribution is 6.11. The van der Waals surface area contributed by atoms with Crippen molar-refractivity contribution in [3.63, 3.8) is 0 Å². The van der Waals surface area contributed by atoms with E-state index >= 15 is 0 Å². The molecular weight excluding hydrogens is 396 g/mol. The number of nitrogens with zero attached hydrogens (tertiary/aromatic N) is 4. The largest absolute Gasteiger partial charge is 0.368 e. The van der Waals surface area contributed by atoms with E-state index in [-0.39, 0.29) is 5.95 Å². The maximum absolute atomic E-state index is 8.75. The van der Waals surface area contributed by atoms with Crippen LogP contribution in [0.3, 0.4) is 0 Å². The molecule has 3 N–H and O–H groups in total. The van der Waals surface area contributed by atoms with Gasteiger partial charge >= 0.3 is 0 Å². The number of likely N-dealkylation sites (tertiary alicyclic amines) is 1. The quantitative estimate of drug-likeness (QED) is 0.540. The smallest absolute Gasteiger partial charge is 0.219 e. The molecule has 1 aliphatic heterocycles. The number of nitrogens with two attached hydrogens (primary N) is 1. The first-order chi connectivity index (χ1) is 15.5. The van der Waals surface area contributed by atoms with Gasteiger partial charge in [-0.15, -0.1) is 0 Å². The van der Waals surface area contributed by atoms with Crippen molar-refractivity contribution in [2.45, 2.75) is 39.2 Å². The fraction of sp³-hybridized carbons (Fsp3) is 0.308. The molecular formula is C26H30N6. The molecule has 6 nitrogen and oxygen atoms in total. The highest BCUT2D eigenvalue weighted by Gasteiger charge is 2.14. The molecule has 0 unspecified atom stereocenters. The lowest BCUT2D eigenvalue weighted by Crippen LogP contribution is -2.29. The highest BCUT2D eigenvalue weighted by atomic mass is 15.1. The Morgan fingerprint density at radius 1 is 1.00 bits per heavy atom. The summed E-state index contributed by atoms with van der Waals surface area (Å²) in [4.78, 5) is 15.1. The number of pyridine rings is 1. The molecule has 0 radical (unpaired) electrons. The van der Waals surface area contributed by atoms with Gasteiger partial charge in [-0.1, -0.05) is 25.1 Å². The van der Waals surface area contributed by atoms with Gasteiger partial charge in [0.1, 0.15) is 0 Å². The SMILES string of the molecule is C=C(Cc1cnc(N)nc1)C(=N)c1cc(-c2cncc(CN3CCCCC3)c2)ccc1C. The third kappa shape index (κ3) is 5.26. The molecule has 0 atom stereocenters. The Morgan fingerprint density at radius 3 is 2.50 bits per heavy atom. The number of hydrogen-bond donors (Lipinski definition) is 2. The van der Waals surface area contributed by atoms with E-state index in [2.05, 4.69) is 50.7 Å². The minimum atomic E-state index is 0.245. The molecule has 3 heterocycles. The number of aryl methyl sites for hydroxylation is 1. The van der Waals surface area contributed by atoms with Crippen molar-refractivity contribution < 1.29 is 0 Å². The van der Waals surface area contributed by atoms with Crippen molar-refractivity contribution in [2.75, 3.05) is 18.8 Å². The van der Waals surface area contributed by atoms with Crippen LogP contribution in [0, 0.1) is 12.3 Å². The van der Waals surface area contributed by atoms with Gasteiger partial charge in [0.15, 0.2) is 0 Å². The first-order valence-electron chi connectivity index (χ1n) is 11.1. The molecule has 0 bridgehead atoms. The van der Waals surface area contributed by atoms with Gasteiger partial charge in [0.2, 0.25) is 5.95 Å². The predicted octanol–water partition coefficient (Wildman–Crippen LogP) is 4.58. The van der Waals surface area contributed by atoms with E-state index in [1.807, 2.05) is 19.3 Å². The molecule has 0 saturated carbocycles. The summed E-state index contributed by atoms with van der Waals surface area (Å²) in [5, 5.41) is 8.75. The van der Waals surface area contributed by atoms with Crippen molar-refractivity contribution in [3.8, 4) is 11.1 Å². The standard InChI is InChI=1S/C26H30N6/c1-18-6-7-22(23-11-21(13-29-16-23)17-32-8-4-3-5-9-32)12-24(18)25(27)19(2)10-20-14-30-26(28)31-15-20/h6-7,11-16,27H,2-5,8-10,17H2,1H3,(H2,28,30,31). The molecule has 6 heteroatoms. The minimum Gasteiger partial charge on any atom is -0.368 e. The summed E-state index contributed by atoms with van der Waals surface area (Å²) in [6.45, 7) is 9.44. The molecule has 1 fully saturated rings. The lowest BCUT2D eigenvalue weighted by Gasteiger charge is -2.26. The Morgan fingerprint density at radius 2 is 1.75 bits per heavy atom. The van der Waals surface area contributed by atoms with Crippen LogP contribution in [0.2, 0.25) is 0 Å². The van der Waals surface area contributed by atoms with E-state index in [1.165, 1.54) is 24.8 Å². The molecule has 0 aliphatic carbocycles. The van der Waals surface area contributed by atoms with E-state index < -0.39 is 0 Å². The van der Waals surface area contributed by atoms with Crippen LogP contribution in [-0.4, -0.2) is 38.7 Å². The van der Waals surface area contributed by atoms with Crippen LogP contribution < -0.4 is 5.73 Å². The van der Waals surface area contributed by atoms with Gasteiger partial charge in [0.05, 0.1) is 5.71 Å². The second-order valence-electron chi connectivity index (χ2n) is 8.55. The normalized spacial score (nSPS) is 14.3. The number of nitrogen functional groups attached to an aromatic ring is 1. The Bertz CT molecular complexity index is 1110. The zero-order valence-corrected chi connectivity index (χ0v) is 18.6. The monoisotopic (exact) mass is 426 g/mol. The predicted molar refractivity (Wildman–Crippen MR) is 130 cm³/mol. The van der Waals surface area contributed by atoms with E-state index in [1.54, 1.807) is 12.4 Å². The molecule has 164 valence electrons. The summed E-state index contributed by atoms with van der Waals surface area (Å²) in [6, 6.07) is 8.46. The van der Waals surface area contributed by atoms with Crippen molar-refractivity contribution in [1.82, 2.24) is 19.9 Å².